The number of fused-ring (bicyclic) bond motifs is 4. The van der Waals surface area contributed by atoms with Gasteiger partial charge in [0.2, 0.25) is 0 Å². The van der Waals surface area contributed by atoms with Crippen LogP contribution < -0.4 is 0 Å². The maximum Gasteiger partial charge on any atom is 0.136 e. The molecule has 0 unspecified atom stereocenters. The van der Waals surface area contributed by atoms with Gasteiger partial charge in [-0.25, -0.2) is 0 Å². The first-order valence-corrected chi connectivity index (χ1v) is 18.6. The lowest BCUT2D eigenvalue weighted by atomic mass is 9.91. The van der Waals surface area contributed by atoms with Crippen LogP contribution in [0.25, 0.3) is 131 Å². The van der Waals surface area contributed by atoms with Crippen LogP contribution in [0.2, 0.25) is 0 Å². The Morgan fingerprint density at radius 2 is 0.648 bits per heavy atom. The van der Waals surface area contributed by atoms with Crippen LogP contribution in [0.15, 0.2) is 179 Å². The van der Waals surface area contributed by atoms with Gasteiger partial charge in [-0.05, 0) is 119 Å². The van der Waals surface area contributed by atoms with Crippen molar-refractivity contribution in [2.45, 2.75) is 0 Å². The Balaban J connectivity index is 1.24. The molecule has 2 aromatic heterocycles. The Hall–Kier alpha value is -7.16. The highest BCUT2D eigenvalue weighted by atomic mass is 16.3. The summed E-state index contributed by atoms with van der Waals surface area (Å²) in [4.78, 5) is 0. The summed E-state index contributed by atoms with van der Waals surface area (Å²) in [6, 6.07) is 61.6. The van der Waals surface area contributed by atoms with E-state index in [1.165, 1.54) is 109 Å². The third kappa shape index (κ3) is 3.64. The lowest BCUT2D eigenvalue weighted by Gasteiger charge is -2.13. The second kappa shape index (κ2) is 10.2. The lowest BCUT2D eigenvalue weighted by molar-refractivity contribution is 0.670. The Morgan fingerprint density at radius 3 is 1.13 bits per heavy atom. The minimum atomic E-state index is 0.911. The molecule has 0 atom stereocenters. The quantitative estimate of drug-likeness (QED) is 0.184. The van der Waals surface area contributed by atoms with E-state index in [2.05, 4.69) is 170 Å². The Bertz CT molecular complexity index is 3350. The van der Waals surface area contributed by atoms with Gasteiger partial charge in [0.25, 0.3) is 0 Å². The van der Waals surface area contributed by atoms with Crippen molar-refractivity contribution in [3.63, 3.8) is 0 Å². The summed E-state index contributed by atoms with van der Waals surface area (Å²) in [5.41, 5.74) is 13.2. The van der Waals surface area contributed by atoms with Gasteiger partial charge >= 0.3 is 0 Å². The number of rotatable bonds is 4. The van der Waals surface area contributed by atoms with E-state index in [-0.39, 0.29) is 0 Å². The zero-order valence-electron chi connectivity index (χ0n) is 29.0. The molecule has 0 aliphatic rings. The van der Waals surface area contributed by atoms with E-state index in [0.717, 1.165) is 22.3 Å². The monoisotopic (exact) mass is 684 g/mol. The average molecular weight is 685 g/mol. The molecule has 2 heteroatoms. The molecule has 13 rings (SSSR count). The summed E-state index contributed by atoms with van der Waals surface area (Å²) in [5, 5.41) is 14.5. The van der Waals surface area contributed by atoms with E-state index in [9.17, 15) is 0 Å². The Morgan fingerprint density at radius 1 is 0.222 bits per heavy atom. The highest BCUT2D eigenvalue weighted by Gasteiger charge is 2.28. The number of hydrogen-bond donors (Lipinski definition) is 0. The molecule has 2 heterocycles. The van der Waals surface area contributed by atoms with E-state index >= 15 is 0 Å². The predicted molar refractivity (Wildman–Crippen MR) is 226 cm³/mol. The van der Waals surface area contributed by atoms with Crippen LogP contribution in [-0.2, 0) is 0 Å². The fourth-order valence-electron chi connectivity index (χ4n) is 9.71. The van der Waals surface area contributed by atoms with Gasteiger partial charge in [0.15, 0.2) is 0 Å². The van der Waals surface area contributed by atoms with Gasteiger partial charge < -0.3 is 8.83 Å². The summed E-state index contributed by atoms with van der Waals surface area (Å²) in [6.07, 6.45) is 0. The molecule has 0 fully saturated rings. The zero-order chi connectivity index (χ0) is 35.1. The molecule has 0 N–H and O–H groups in total. The Kier molecular flexibility index (Phi) is 5.39. The first kappa shape index (κ1) is 28.4. The van der Waals surface area contributed by atoms with Crippen molar-refractivity contribution in [2.24, 2.45) is 0 Å². The van der Waals surface area contributed by atoms with Gasteiger partial charge in [0.1, 0.15) is 22.3 Å². The van der Waals surface area contributed by atoms with Gasteiger partial charge in [0.05, 0.1) is 0 Å². The highest BCUT2D eigenvalue weighted by molar-refractivity contribution is 6.48. The van der Waals surface area contributed by atoms with Crippen molar-refractivity contribution in [1.82, 2.24) is 0 Å². The summed E-state index contributed by atoms with van der Waals surface area (Å²) in [5.74, 6) is 0. The third-order valence-electron chi connectivity index (χ3n) is 11.9. The minimum Gasteiger partial charge on any atom is -0.456 e. The van der Waals surface area contributed by atoms with Crippen molar-refractivity contribution in [3.05, 3.63) is 170 Å². The molecule has 0 saturated carbocycles. The fourth-order valence-corrected chi connectivity index (χ4v) is 9.71. The summed E-state index contributed by atoms with van der Waals surface area (Å²) < 4.78 is 13.7. The molecule has 0 amide bonds. The SMILES string of the molecule is c1ccc(-c2cccc(-c3ccc(-c4cccc(-c5ccccc5)c4)c4c5cc6oc7cccc8c9cccc%10oc%11cc(c34)c5c(c%11c%109)c6c78)c2)cc1. The standard InChI is InChI=1S/C52H28O2/c1-3-11-29(12-4-1)31-15-7-17-33(25-31)35-23-24-36(34-18-8-16-32(26-34)30-13-5-2-6-14-30)46-40-28-44-51-49-38(20-10-22-42(49)54-44)37-19-9-21-41-48(37)50-43(53-41)27-39(45(35)46)47(40)52(50)51/h1-28H. The number of benzene rings is 9. The summed E-state index contributed by atoms with van der Waals surface area (Å²) in [7, 11) is 0. The molecule has 0 saturated heterocycles. The van der Waals surface area contributed by atoms with E-state index in [1.54, 1.807) is 0 Å². The molecule has 11 aromatic carbocycles. The smallest absolute Gasteiger partial charge is 0.136 e. The van der Waals surface area contributed by atoms with E-state index in [0.29, 0.717) is 0 Å². The molecule has 0 spiro atoms. The van der Waals surface area contributed by atoms with E-state index in [4.69, 9.17) is 8.83 Å². The number of hydrogen-bond acceptors (Lipinski definition) is 2. The highest BCUT2D eigenvalue weighted by Crippen LogP contribution is 2.55. The van der Waals surface area contributed by atoms with Crippen LogP contribution in [0.1, 0.15) is 0 Å². The first-order chi connectivity index (χ1) is 26.8. The molecule has 0 aliphatic carbocycles. The molecular weight excluding hydrogens is 657 g/mol. The van der Waals surface area contributed by atoms with Crippen molar-refractivity contribution >= 4 is 87.0 Å². The van der Waals surface area contributed by atoms with Crippen molar-refractivity contribution in [1.29, 1.82) is 0 Å². The van der Waals surface area contributed by atoms with Crippen molar-refractivity contribution < 1.29 is 8.83 Å². The van der Waals surface area contributed by atoms with Crippen LogP contribution in [0.4, 0.5) is 0 Å². The second-order valence-electron chi connectivity index (χ2n) is 14.7. The molecule has 13 aromatic rings. The van der Waals surface area contributed by atoms with Crippen LogP contribution in [0.5, 0.6) is 0 Å². The first-order valence-electron chi connectivity index (χ1n) is 18.6. The van der Waals surface area contributed by atoms with Crippen molar-refractivity contribution in [2.75, 3.05) is 0 Å². The number of furan rings is 2. The van der Waals surface area contributed by atoms with E-state index in [1.807, 2.05) is 0 Å². The van der Waals surface area contributed by atoms with Crippen LogP contribution in [-0.4, -0.2) is 0 Å². The minimum absolute atomic E-state index is 0.911. The molecule has 54 heavy (non-hydrogen) atoms. The second-order valence-corrected chi connectivity index (χ2v) is 14.7. The predicted octanol–water partition coefficient (Wildman–Crippen LogP) is 15.1. The van der Waals surface area contributed by atoms with Gasteiger partial charge in [-0.1, -0.05) is 133 Å². The van der Waals surface area contributed by atoms with Crippen LogP contribution in [0, 0.1) is 0 Å². The van der Waals surface area contributed by atoms with Gasteiger partial charge in [0, 0.05) is 26.9 Å². The lowest BCUT2D eigenvalue weighted by Crippen LogP contribution is -1.86. The van der Waals surface area contributed by atoms with Crippen molar-refractivity contribution in [3.8, 4) is 44.5 Å². The van der Waals surface area contributed by atoms with Crippen LogP contribution in [0.3, 0.4) is 0 Å². The maximum absolute atomic E-state index is 6.84. The van der Waals surface area contributed by atoms with Gasteiger partial charge in [-0.2, -0.15) is 0 Å². The van der Waals surface area contributed by atoms with Gasteiger partial charge in [-0.3, -0.25) is 0 Å². The molecule has 0 radical (unpaired) electrons. The van der Waals surface area contributed by atoms with E-state index < -0.39 is 0 Å². The average Bonchev–Trinajstić information content (AvgIpc) is 3.88. The summed E-state index contributed by atoms with van der Waals surface area (Å²) >= 11 is 0. The molecule has 0 aliphatic heterocycles. The van der Waals surface area contributed by atoms with Gasteiger partial charge in [-0.15, -0.1) is 0 Å². The summed E-state index contributed by atoms with van der Waals surface area (Å²) in [6.45, 7) is 0. The molecule has 248 valence electrons. The maximum atomic E-state index is 6.84. The zero-order valence-corrected chi connectivity index (χ0v) is 29.0. The normalized spacial score (nSPS) is 12.4. The largest absolute Gasteiger partial charge is 0.456 e. The molecule has 0 bridgehead atoms. The molecule has 2 nitrogen and oxygen atoms in total. The molecular formula is C52H28O2. The topological polar surface area (TPSA) is 26.3 Å². The third-order valence-corrected chi connectivity index (χ3v) is 11.9. The van der Waals surface area contributed by atoms with Crippen LogP contribution >= 0.6 is 0 Å². The fraction of sp³-hybridized carbons (Fsp3) is 0. The Labute approximate surface area is 309 Å².